The monoisotopic (exact) mass is 239 g/mol. The van der Waals surface area contributed by atoms with E-state index in [0.717, 1.165) is 12.1 Å². The first-order valence-electron chi connectivity index (χ1n) is 6.38. The molecule has 1 rings (SSSR count). The summed E-state index contributed by atoms with van der Waals surface area (Å²) < 4.78 is 13.1. The Balaban J connectivity index is 2.34. The second kappa shape index (κ2) is 7.15. The molecule has 0 spiro atoms. The van der Waals surface area contributed by atoms with E-state index in [0.29, 0.717) is 6.04 Å². The highest BCUT2D eigenvalue weighted by atomic mass is 19.1. The fraction of sp³-hybridized carbons (Fsp3) is 0.571. The Hall–Kier alpha value is -1.25. The molecule has 1 atom stereocenters. The maximum atomic E-state index is 13.1. The topological polar surface area (TPSA) is 32.3 Å². The highest BCUT2D eigenvalue weighted by Crippen LogP contribution is 2.20. The lowest BCUT2D eigenvalue weighted by Gasteiger charge is -2.15. The van der Waals surface area contributed by atoms with Gasteiger partial charge in [0.15, 0.2) is 11.6 Å². The molecule has 0 bridgehead atoms. The van der Waals surface area contributed by atoms with E-state index < -0.39 is 5.82 Å². The van der Waals surface area contributed by atoms with Crippen LogP contribution in [0.3, 0.4) is 0 Å². The number of hydrogen-bond donors (Lipinski definition) is 2. The Morgan fingerprint density at radius 3 is 2.71 bits per heavy atom. The summed E-state index contributed by atoms with van der Waals surface area (Å²) in [4.78, 5) is 0. The van der Waals surface area contributed by atoms with Crippen LogP contribution < -0.4 is 5.32 Å². The van der Waals surface area contributed by atoms with Crippen molar-refractivity contribution in [2.75, 3.05) is 5.32 Å². The second-order valence-corrected chi connectivity index (χ2v) is 4.56. The van der Waals surface area contributed by atoms with Gasteiger partial charge < -0.3 is 10.4 Å². The van der Waals surface area contributed by atoms with E-state index in [2.05, 4.69) is 19.2 Å². The van der Waals surface area contributed by atoms with Gasteiger partial charge in [-0.2, -0.15) is 0 Å². The van der Waals surface area contributed by atoms with Crippen LogP contribution in [0.4, 0.5) is 10.1 Å². The van der Waals surface area contributed by atoms with Crippen LogP contribution in [0.25, 0.3) is 0 Å². The molecule has 2 N–H and O–H groups in total. The summed E-state index contributed by atoms with van der Waals surface area (Å²) in [5.41, 5.74) is 0.725. The van der Waals surface area contributed by atoms with E-state index in [4.69, 9.17) is 5.11 Å². The second-order valence-electron chi connectivity index (χ2n) is 4.56. The molecular weight excluding hydrogens is 217 g/mol. The predicted molar refractivity (Wildman–Crippen MR) is 69.9 cm³/mol. The lowest BCUT2D eigenvalue weighted by atomic mass is 10.1. The number of aromatic hydroxyl groups is 1. The quantitative estimate of drug-likeness (QED) is 0.549. The van der Waals surface area contributed by atoms with Crippen LogP contribution in [0.1, 0.15) is 46.0 Å². The van der Waals surface area contributed by atoms with Crippen LogP contribution in [0.2, 0.25) is 0 Å². The third-order valence-electron chi connectivity index (χ3n) is 2.85. The Labute approximate surface area is 103 Å². The van der Waals surface area contributed by atoms with Gasteiger partial charge in [-0.1, -0.05) is 32.6 Å². The molecule has 3 heteroatoms. The van der Waals surface area contributed by atoms with Gasteiger partial charge in [0.2, 0.25) is 0 Å². The number of phenolic OH excluding ortho intramolecular Hbond substituents is 1. The van der Waals surface area contributed by atoms with Crippen LogP contribution in [0.15, 0.2) is 18.2 Å². The van der Waals surface area contributed by atoms with E-state index in [9.17, 15) is 4.39 Å². The van der Waals surface area contributed by atoms with Crippen LogP contribution in [-0.4, -0.2) is 11.1 Å². The van der Waals surface area contributed by atoms with Crippen molar-refractivity contribution in [2.24, 2.45) is 0 Å². The van der Waals surface area contributed by atoms with Gasteiger partial charge >= 0.3 is 0 Å². The van der Waals surface area contributed by atoms with Gasteiger partial charge in [0.1, 0.15) is 0 Å². The molecule has 0 saturated carbocycles. The molecule has 0 amide bonds. The molecule has 0 aliphatic rings. The number of nitrogens with one attached hydrogen (secondary N) is 1. The Morgan fingerprint density at radius 2 is 2.06 bits per heavy atom. The van der Waals surface area contributed by atoms with E-state index in [1.165, 1.54) is 37.8 Å². The van der Waals surface area contributed by atoms with Crippen molar-refractivity contribution in [3.8, 4) is 5.75 Å². The van der Waals surface area contributed by atoms with Crippen LogP contribution in [0, 0.1) is 5.82 Å². The van der Waals surface area contributed by atoms with Crippen molar-refractivity contribution in [3.63, 3.8) is 0 Å². The zero-order valence-electron chi connectivity index (χ0n) is 10.7. The zero-order valence-corrected chi connectivity index (χ0v) is 10.7. The smallest absolute Gasteiger partial charge is 0.166 e. The maximum absolute atomic E-state index is 13.1. The van der Waals surface area contributed by atoms with Gasteiger partial charge in [-0.15, -0.1) is 0 Å². The van der Waals surface area contributed by atoms with Gasteiger partial charge in [-0.25, -0.2) is 4.39 Å². The lowest BCUT2D eigenvalue weighted by Crippen LogP contribution is -2.14. The maximum Gasteiger partial charge on any atom is 0.166 e. The van der Waals surface area contributed by atoms with E-state index in [-0.39, 0.29) is 5.75 Å². The van der Waals surface area contributed by atoms with Gasteiger partial charge in [-0.05, 0) is 25.5 Å². The molecule has 1 aromatic rings. The number of halogens is 1. The summed E-state index contributed by atoms with van der Waals surface area (Å²) in [6.07, 6.45) is 6.06. The fourth-order valence-electron chi connectivity index (χ4n) is 1.83. The summed E-state index contributed by atoms with van der Waals surface area (Å²) in [5.74, 6) is -0.876. The summed E-state index contributed by atoms with van der Waals surface area (Å²) in [5, 5.41) is 12.3. The van der Waals surface area contributed by atoms with Crippen molar-refractivity contribution in [2.45, 2.75) is 52.0 Å². The third-order valence-corrected chi connectivity index (χ3v) is 2.85. The van der Waals surface area contributed by atoms with Gasteiger partial charge in [-0.3, -0.25) is 0 Å². The Bertz CT molecular complexity index is 341. The largest absolute Gasteiger partial charge is 0.505 e. The fourth-order valence-corrected chi connectivity index (χ4v) is 1.83. The molecule has 1 aromatic carbocycles. The van der Waals surface area contributed by atoms with E-state index in [1.807, 2.05) is 0 Å². The van der Waals surface area contributed by atoms with Crippen LogP contribution in [-0.2, 0) is 0 Å². The Kier molecular flexibility index (Phi) is 5.81. The van der Waals surface area contributed by atoms with Crippen molar-refractivity contribution in [1.82, 2.24) is 0 Å². The highest BCUT2D eigenvalue weighted by molar-refractivity contribution is 5.47. The van der Waals surface area contributed by atoms with Crippen molar-refractivity contribution in [1.29, 1.82) is 0 Å². The number of hydrogen-bond acceptors (Lipinski definition) is 2. The van der Waals surface area contributed by atoms with Gasteiger partial charge in [0.25, 0.3) is 0 Å². The minimum atomic E-state index is -0.576. The van der Waals surface area contributed by atoms with Gasteiger partial charge in [0.05, 0.1) is 0 Å². The van der Waals surface area contributed by atoms with Crippen molar-refractivity contribution in [3.05, 3.63) is 24.0 Å². The average Bonchev–Trinajstić information content (AvgIpc) is 2.30. The molecule has 1 unspecified atom stereocenters. The summed E-state index contributed by atoms with van der Waals surface area (Å²) in [7, 11) is 0. The van der Waals surface area contributed by atoms with Gasteiger partial charge in [0, 0.05) is 17.8 Å². The molecule has 0 aliphatic carbocycles. The number of rotatable bonds is 7. The first kappa shape index (κ1) is 13.8. The minimum absolute atomic E-state index is 0.300. The molecule has 0 aliphatic heterocycles. The number of anilines is 1. The van der Waals surface area contributed by atoms with Crippen LogP contribution >= 0.6 is 0 Å². The van der Waals surface area contributed by atoms with E-state index in [1.54, 1.807) is 6.07 Å². The molecule has 0 aromatic heterocycles. The number of unbranched alkanes of at least 4 members (excludes halogenated alkanes) is 3. The lowest BCUT2D eigenvalue weighted by molar-refractivity contribution is 0.432. The van der Waals surface area contributed by atoms with Crippen molar-refractivity contribution >= 4 is 5.69 Å². The van der Waals surface area contributed by atoms with Crippen LogP contribution in [0.5, 0.6) is 5.75 Å². The van der Waals surface area contributed by atoms with Crippen molar-refractivity contribution < 1.29 is 9.50 Å². The SMILES string of the molecule is CCCCCCC(C)Nc1ccc(O)c(F)c1. The summed E-state index contributed by atoms with van der Waals surface area (Å²) in [6, 6.07) is 4.73. The molecule has 17 heavy (non-hydrogen) atoms. The molecule has 0 fully saturated rings. The van der Waals surface area contributed by atoms with E-state index >= 15 is 0 Å². The minimum Gasteiger partial charge on any atom is -0.505 e. The summed E-state index contributed by atoms with van der Waals surface area (Å²) in [6.45, 7) is 4.29. The molecule has 0 heterocycles. The highest BCUT2D eigenvalue weighted by Gasteiger charge is 2.05. The zero-order chi connectivity index (χ0) is 12.7. The summed E-state index contributed by atoms with van der Waals surface area (Å²) >= 11 is 0. The molecular formula is C14H22FNO. The molecule has 0 radical (unpaired) electrons. The first-order chi connectivity index (χ1) is 8.13. The normalized spacial score (nSPS) is 12.4. The predicted octanol–water partition coefficient (Wildman–Crippen LogP) is 4.30. The Morgan fingerprint density at radius 1 is 1.29 bits per heavy atom. The standard InChI is InChI=1S/C14H22FNO/c1-3-4-5-6-7-11(2)16-12-8-9-14(17)13(15)10-12/h8-11,16-17H,3-7H2,1-2H3. The number of benzene rings is 1. The average molecular weight is 239 g/mol. The first-order valence-corrected chi connectivity index (χ1v) is 6.38. The molecule has 2 nitrogen and oxygen atoms in total. The third kappa shape index (κ3) is 5.07. The molecule has 0 saturated heterocycles. The molecule has 96 valence electrons. The number of phenols is 1.